The number of rotatable bonds is 6. The van der Waals surface area contributed by atoms with E-state index in [1.165, 1.54) is 13.5 Å². The molecule has 22 heavy (non-hydrogen) atoms. The molecule has 0 saturated heterocycles. The minimum absolute atomic E-state index is 0.0229. The average Bonchev–Trinajstić information content (AvgIpc) is 2.56. The summed E-state index contributed by atoms with van der Waals surface area (Å²) in [6, 6.07) is 6.87. The van der Waals surface area contributed by atoms with E-state index in [1.807, 2.05) is 6.92 Å². The topological polar surface area (TPSA) is 52.6 Å². The van der Waals surface area contributed by atoms with E-state index in [0.717, 1.165) is 32.1 Å². The summed E-state index contributed by atoms with van der Waals surface area (Å²) in [6.07, 6.45) is 6.61. The maximum Gasteiger partial charge on any atom is 0.338 e. The molecule has 0 bridgehead atoms. The normalized spacial score (nSPS) is 18.6. The molecule has 122 valence electrons. The van der Waals surface area contributed by atoms with Crippen LogP contribution in [0, 0.1) is 0 Å². The van der Waals surface area contributed by atoms with Gasteiger partial charge in [0.25, 0.3) is 0 Å². The van der Waals surface area contributed by atoms with Gasteiger partial charge in [-0.15, -0.1) is 0 Å². The Kier molecular flexibility index (Phi) is 6.22. The van der Waals surface area contributed by atoms with E-state index in [2.05, 4.69) is 0 Å². The SMILES string of the molecule is CCCP(=O)(OC)c1cccc(C(=O)OC2CCCCC2)c1. The first-order valence-corrected chi connectivity index (χ1v) is 9.86. The van der Waals surface area contributed by atoms with Crippen LogP contribution in [-0.4, -0.2) is 25.3 Å². The van der Waals surface area contributed by atoms with Gasteiger partial charge in [0.15, 0.2) is 0 Å². The largest absolute Gasteiger partial charge is 0.459 e. The van der Waals surface area contributed by atoms with E-state index in [-0.39, 0.29) is 12.1 Å². The molecule has 0 amide bonds. The van der Waals surface area contributed by atoms with Gasteiger partial charge >= 0.3 is 5.97 Å². The van der Waals surface area contributed by atoms with E-state index >= 15 is 0 Å². The van der Waals surface area contributed by atoms with Crippen molar-refractivity contribution in [2.24, 2.45) is 0 Å². The predicted octanol–water partition coefficient (Wildman–Crippen LogP) is 4.14. The van der Waals surface area contributed by atoms with E-state index in [1.54, 1.807) is 24.3 Å². The van der Waals surface area contributed by atoms with Gasteiger partial charge < -0.3 is 9.26 Å². The number of esters is 1. The third kappa shape index (κ3) is 4.21. The highest BCUT2D eigenvalue weighted by Crippen LogP contribution is 2.45. The number of hydrogen-bond donors (Lipinski definition) is 0. The Bertz CT molecular complexity index is 549. The Labute approximate surface area is 132 Å². The van der Waals surface area contributed by atoms with Crippen molar-refractivity contribution in [1.29, 1.82) is 0 Å². The smallest absolute Gasteiger partial charge is 0.338 e. The maximum absolute atomic E-state index is 12.8. The lowest BCUT2D eigenvalue weighted by Crippen LogP contribution is -2.21. The number of carbonyl (C=O) groups is 1. The molecule has 0 aliphatic heterocycles. The van der Waals surface area contributed by atoms with Gasteiger partial charge in [0.1, 0.15) is 6.10 Å². The Hall–Kier alpha value is -1.12. The van der Waals surface area contributed by atoms with Crippen LogP contribution < -0.4 is 5.30 Å². The van der Waals surface area contributed by atoms with Crippen molar-refractivity contribution < 1.29 is 18.6 Å². The molecule has 1 aromatic carbocycles. The van der Waals surface area contributed by atoms with Crippen molar-refractivity contribution in [2.45, 2.75) is 51.6 Å². The summed E-state index contributed by atoms with van der Waals surface area (Å²) >= 11 is 0. The van der Waals surface area contributed by atoms with E-state index in [0.29, 0.717) is 17.0 Å². The second-order valence-electron chi connectivity index (χ2n) is 5.80. The van der Waals surface area contributed by atoms with Crippen LogP contribution in [0.1, 0.15) is 55.8 Å². The second-order valence-corrected chi connectivity index (χ2v) is 8.47. The van der Waals surface area contributed by atoms with Gasteiger partial charge in [0.05, 0.1) is 5.56 Å². The number of benzene rings is 1. The molecule has 1 aliphatic rings. The van der Waals surface area contributed by atoms with Crippen molar-refractivity contribution in [3.05, 3.63) is 29.8 Å². The van der Waals surface area contributed by atoms with Crippen LogP contribution in [0.5, 0.6) is 0 Å². The van der Waals surface area contributed by atoms with Gasteiger partial charge in [-0.3, -0.25) is 4.57 Å². The molecule has 1 aliphatic carbocycles. The van der Waals surface area contributed by atoms with Crippen molar-refractivity contribution in [3.63, 3.8) is 0 Å². The van der Waals surface area contributed by atoms with Gasteiger partial charge in [-0.1, -0.05) is 19.4 Å². The summed E-state index contributed by atoms with van der Waals surface area (Å²) in [5, 5.41) is 0.593. The fourth-order valence-corrected chi connectivity index (χ4v) is 4.76. The molecule has 0 heterocycles. The van der Waals surface area contributed by atoms with Crippen LogP contribution >= 0.6 is 7.37 Å². The zero-order valence-corrected chi connectivity index (χ0v) is 14.3. The molecule has 5 heteroatoms. The molecule has 1 fully saturated rings. The van der Waals surface area contributed by atoms with Crippen molar-refractivity contribution >= 4 is 18.6 Å². The quantitative estimate of drug-likeness (QED) is 0.583. The van der Waals surface area contributed by atoms with E-state index in [9.17, 15) is 9.36 Å². The minimum Gasteiger partial charge on any atom is -0.459 e. The van der Waals surface area contributed by atoms with Crippen LogP contribution in [0.15, 0.2) is 24.3 Å². The minimum atomic E-state index is -2.87. The molecule has 0 aromatic heterocycles. The summed E-state index contributed by atoms with van der Waals surface area (Å²) in [5.41, 5.74) is 0.455. The molecule has 2 rings (SSSR count). The van der Waals surface area contributed by atoms with Crippen LogP contribution in [0.2, 0.25) is 0 Å². The Morgan fingerprint density at radius 1 is 1.27 bits per heavy atom. The predicted molar refractivity (Wildman–Crippen MR) is 88.1 cm³/mol. The van der Waals surface area contributed by atoms with Gasteiger partial charge in [-0.25, -0.2) is 4.79 Å². The van der Waals surface area contributed by atoms with Gasteiger partial charge in [-0.05, 0) is 50.3 Å². The highest BCUT2D eigenvalue weighted by molar-refractivity contribution is 7.66. The summed E-state index contributed by atoms with van der Waals surface area (Å²) in [7, 11) is -1.41. The van der Waals surface area contributed by atoms with Crippen molar-refractivity contribution in [1.82, 2.24) is 0 Å². The maximum atomic E-state index is 12.8. The highest BCUT2D eigenvalue weighted by atomic mass is 31.2. The third-order valence-corrected chi connectivity index (χ3v) is 6.80. The summed E-state index contributed by atoms with van der Waals surface area (Å²) < 4.78 is 23.6. The molecule has 4 nitrogen and oxygen atoms in total. The van der Waals surface area contributed by atoms with Crippen LogP contribution in [0.25, 0.3) is 0 Å². The Balaban J connectivity index is 2.13. The zero-order chi connectivity index (χ0) is 16.0. The second kappa shape index (κ2) is 7.94. The lowest BCUT2D eigenvalue weighted by Gasteiger charge is -2.22. The number of hydrogen-bond acceptors (Lipinski definition) is 4. The molecule has 1 saturated carbocycles. The monoisotopic (exact) mass is 324 g/mol. The summed E-state index contributed by atoms with van der Waals surface area (Å²) in [6.45, 7) is 1.97. The Morgan fingerprint density at radius 2 is 2.00 bits per heavy atom. The first kappa shape index (κ1) is 17.2. The molecule has 0 spiro atoms. The molecular formula is C17H25O4P. The zero-order valence-electron chi connectivity index (χ0n) is 13.4. The summed E-state index contributed by atoms with van der Waals surface area (Å²) in [4.78, 5) is 12.3. The van der Waals surface area contributed by atoms with Crippen LogP contribution in [0.3, 0.4) is 0 Å². The summed E-state index contributed by atoms with van der Waals surface area (Å²) in [5.74, 6) is -0.326. The van der Waals surface area contributed by atoms with Crippen molar-refractivity contribution in [3.8, 4) is 0 Å². The van der Waals surface area contributed by atoms with Gasteiger partial charge in [-0.2, -0.15) is 0 Å². The first-order chi connectivity index (χ1) is 10.6. The molecule has 0 N–H and O–H groups in total. The fourth-order valence-electron chi connectivity index (χ4n) is 2.87. The molecule has 1 atom stereocenters. The highest BCUT2D eigenvalue weighted by Gasteiger charge is 2.25. The molecule has 0 radical (unpaired) electrons. The number of carbonyl (C=O) groups excluding carboxylic acids is 1. The lowest BCUT2D eigenvalue weighted by atomic mass is 9.98. The first-order valence-electron chi connectivity index (χ1n) is 8.05. The molecular weight excluding hydrogens is 299 g/mol. The van der Waals surface area contributed by atoms with Gasteiger partial charge in [0.2, 0.25) is 7.37 Å². The van der Waals surface area contributed by atoms with E-state index < -0.39 is 7.37 Å². The van der Waals surface area contributed by atoms with Crippen LogP contribution in [0.4, 0.5) is 0 Å². The van der Waals surface area contributed by atoms with Gasteiger partial charge in [0, 0.05) is 18.6 Å². The number of ether oxygens (including phenoxy) is 1. The standard InChI is InChI=1S/C17H25O4P/c1-3-12-22(19,20-2)16-11-7-8-14(13-16)17(18)21-15-9-5-4-6-10-15/h7-8,11,13,15H,3-6,9-10,12H2,1-2H3. The molecule has 1 aromatic rings. The fraction of sp³-hybridized carbons (Fsp3) is 0.588. The lowest BCUT2D eigenvalue weighted by molar-refractivity contribution is 0.0211. The Morgan fingerprint density at radius 3 is 2.64 bits per heavy atom. The van der Waals surface area contributed by atoms with E-state index in [4.69, 9.17) is 9.26 Å². The third-order valence-electron chi connectivity index (χ3n) is 4.11. The molecule has 1 unspecified atom stereocenters. The average molecular weight is 324 g/mol. The van der Waals surface area contributed by atoms with Crippen LogP contribution in [-0.2, 0) is 13.8 Å². The van der Waals surface area contributed by atoms with Crippen molar-refractivity contribution in [2.75, 3.05) is 13.3 Å².